The predicted octanol–water partition coefficient (Wildman–Crippen LogP) is 3.87. The Morgan fingerprint density at radius 3 is 2.75 bits per heavy atom. The van der Waals surface area contributed by atoms with E-state index in [9.17, 15) is 4.79 Å². The number of H-pyrrole nitrogens is 1. The van der Waals surface area contributed by atoms with Crippen molar-refractivity contribution in [1.82, 2.24) is 25.1 Å². The molecule has 1 aromatic carbocycles. The molecule has 1 amide bonds. The van der Waals surface area contributed by atoms with Crippen molar-refractivity contribution in [2.45, 2.75) is 31.7 Å². The summed E-state index contributed by atoms with van der Waals surface area (Å²) in [6, 6.07) is 14.3. The van der Waals surface area contributed by atoms with E-state index in [1.807, 2.05) is 41.4 Å². The van der Waals surface area contributed by atoms with E-state index in [1.165, 1.54) is 5.56 Å². The first-order chi connectivity index (χ1) is 15.7. The highest BCUT2D eigenvalue weighted by molar-refractivity contribution is 6.13. The monoisotopic (exact) mass is 424 g/mol. The molecule has 2 aliphatic heterocycles. The van der Waals surface area contributed by atoms with Crippen LogP contribution < -0.4 is 4.90 Å². The van der Waals surface area contributed by atoms with Crippen molar-refractivity contribution in [3.8, 4) is 0 Å². The number of benzene rings is 1. The highest BCUT2D eigenvalue weighted by Crippen LogP contribution is 2.50. The molecule has 5 heterocycles. The Labute approximate surface area is 186 Å². The fourth-order valence-corrected chi connectivity index (χ4v) is 5.19. The lowest BCUT2D eigenvalue weighted by molar-refractivity contribution is -0.124. The van der Waals surface area contributed by atoms with Gasteiger partial charge in [0.2, 0.25) is 5.91 Å². The number of para-hydroxylation sites is 1. The van der Waals surface area contributed by atoms with Gasteiger partial charge in [0.05, 0.1) is 34.9 Å². The van der Waals surface area contributed by atoms with Crippen LogP contribution in [0.2, 0.25) is 0 Å². The summed E-state index contributed by atoms with van der Waals surface area (Å²) in [6.45, 7) is 4.66. The van der Waals surface area contributed by atoms with Crippen molar-refractivity contribution < 1.29 is 4.79 Å². The van der Waals surface area contributed by atoms with E-state index < -0.39 is 5.41 Å². The first-order valence-corrected chi connectivity index (χ1v) is 11.0. The summed E-state index contributed by atoms with van der Waals surface area (Å²) in [5, 5.41) is 7.84. The minimum Gasteiger partial charge on any atom is -0.297 e. The van der Waals surface area contributed by atoms with Gasteiger partial charge in [-0.2, -0.15) is 5.10 Å². The van der Waals surface area contributed by atoms with Gasteiger partial charge in [-0.3, -0.25) is 24.7 Å². The van der Waals surface area contributed by atoms with Crippen LogP contribution in [0.1, 0.15) is 29.7 Å². The van der Waals surface area contributed by atoms with E-state index in [0.717, 1.165) is 66.1 Å². The Hall–Kier alpha value is -3.58. The number of aromatic nitrogens is 4. The molecular formula is C25H24N6O. The van der Waals surface area contributed by atoms with Crippen LogP contribution in [0, 0.1) is 6.92 Å². The van der Waals surface area contributed by atoms with Crippen LogP contribution in [-0.4, -0.2) is 44.1 Å². The van der Waals surface area contributed by atoms with Crippen molar-refractivity contribution in [2.24, 2.45) is 0 Å². The second kappa shape index (κ2) is 7.24. The Morgan fingerprint density at radius 1 is 1.06 bits per heavy atom. The molecule has 1 N–H and O–H groups in total. The average Bonchev–Trinajstić information content (AvgIpc) is 3.38. The summed E-state index contributed by atoms with van der Waals surface area (Å²) in [5.41, 5.74) is 5.45. The number of nitrogens with zero attached hydrogens (tertiary/aromatic N) is 5. The number of hydrogen-bond donors (Lipinski definition) is 1. The number of likely N-dealkylation sites (tertiary alicyclic amines) is 1. The second-order valence-corrected chi connectivity index (χ2v) is 8.78. The lowest BCUT2D eigenvalue weighted by Gasteiger charge is -2.38. The molecule has 0 aliphatic carbocycles. The molecule has 1 saturated heterocycles. The SMILES string of the molecule is Cc1cccnc1CN1CCC2(CC1)C(=O)N(c1cnc3[nH]ncc3c1)c1ccccc12. The number of hydrogen-bond acceptors (Lipinski definition) is 5. The standard InChI is InChI=1S/C25H24N6O/c1-17-5-4-10-26-21(17)16-30-11-8-25(9-12-30)20-6-2-3-7-22(20)31(24(25)32)19-13-18-14-28-29-23(18)27-15-19/h2-7,10,13-15H,8-9,11-12,16H2,1H3,(H,27,28,29). The number of nitrogens with one attached hydrogen (secondary N) is 1. The third kappa shape index (κ3) is 2.85. The number of fused-ring (bicyclic) bond motifs is 3. The number of aromatic amines is 1. The first kappa shape index (κ1) is 19.1. The van der Waals surface area contributed by atoms with Gasteiger partial charge >= 0.3 is 0 Å². The van der Waals surface area contributed by atoms with E-state index in [2.05, 4.69) is 44.1 Å². The van der Waals surface area contributed by atoms with Gasteiger partial charge in [-0.15, -0.1) is 0 Å². The Bertz CT molecular complexity index is 1320. The molecule has 0 bridgehead atoms. The molecule has 0 radical (unpaired) electrons. The van der Waals surface area contributed by atoms with Crippen LogP contribution in [-0.2, 0) is 16.8 Å². The third-order valence-electron chi connectivity index (χ3n) is 7.01. The van der Waals surface area contributed by atoms with Crippen LogP contribution in [0.15, 0.2) is 61.1 Å². The maximum Gasteiger partial charge on any atom is 0.242 e. The zero-order valence-electron chi connectivity index (χ0n) is 18.0. The van der Waals surface area contributed by atoms with E-state index in [1.54, 1.807) is 12.4 Å². The van der Waals surface area contributed by atoms with Gasteiger partial charge in [0, 0.05) is 18.1 Å². The van der Waals surface area contributed by atoms with Gasteiger partial charge in [0.25, 0.3) is 0 Å². The Morgan fingerprint density at radius 2 is 1.91 bits per heavy atom. The van der Waals surface area contributed by atoms with E-state index in [4.69, 9.17) is 0 Å². The smallest absolute Gasteiger partial charge is 0.242 e. The molecule has 7 nitrogen and oxygen atoms in total. The molecule has 1 spiro atoms. The molecule has 0 unspecified atom stereocenters. The third-order valence-corrected chi connectivity index (χ3v) is 7.01. The molecule has 0 atom stereocenters. The minimum absolute atomic E-state index is 0.150. The maximum atomic E-state index is 14.0. The molecule has 3 aromatic heterocycles. The molecule has 1 fully saturated rings. The number of anilines is 2. The van der Waals surface area contributed by atoms with Crippen LogP contribution in [0.5, 0.6) is 0 Å². The predicted molar refractivity (Wildman–Crippen MR) is 123 cm³/mol. The second-order valence-electron chi connectivity index (χ2n) is 8.78. The zero-order valence-corrected chi connectivity index (χ0v) is 18.0. The van der Waals surface area contributed by atoms with Crippen molar-refractivity contribution in [3.05, 3.63) is 77.9 Å². The van der Waals surface area contributed by atoms with Gasteiger partial charge in [0.1, 0.15) is 0 Å². The number of pyridine rings is 2. The normalized spacial score (nSPS) is 17.9. The molecular weight excluding hydrogens is 400 g/mol. The number of rotatable bonds is 3. The molecule has 4 aromatic rings. The Balaban J connectivity index is 1.32. The molecule has 2 aliphatic rings. The van der Waals surface area contributed by atoms with E-state index in [-0.39, 0.29) is 5.91 Å². The van der Waals surface area contributed by atoms with Crippen molar-refractivity contribution >= 4 is 28.3 Å². The number of aryl methyl sites for hydroxylation is 1. The highest BCUT2D eigenvalue weighted by Gasteiger charge is 2.52. The summed E-state index contributed by atoms with van der Waals surface area (Å²) in [5.74, 6) is 0.150. The van der Waals surface area contributed by atoms with E-state index >= 15 is 0 Å². The molecule has 32 heavy (non-hydrogen) atoms. The fraction of sp³-hybridized carbons (Fsp3) is 0.280. The van der Waals surface area contributed by atoms with E-state index in [0.29, 0.717) is 0 Å². The topological polar surface area (TPSA) is 78.0 Å². The summed E-state index contributed by atoms with van der Waals surface area (Å²) in [4.78, 5) is 27.3. The van der Waals surface area contributed by atoms with Gasteiger partial charge in [-0.25, -0.2) is 4.98 Å². The van der Waals surface area contributed by atoms with Crippen molar-refractivity contribution in [1.29, 1.82) is 0 Å². The average molecular weight is 425 g/mol. The lowest BCUT2D eigenvalue weighted by atomic mass is 9.73. The molecule has 160 valence electrons. The van der Waals surface area contributed by atoms with Crippen LogP contribution in [0.25, 0.3) is 11.0 Å². The molecule has 6 rings (SSSR count). The zero-order chi connectivity index (χ0) is 21.7. The first-order valence-electron chi connectivity index (χ1n) is 11.0. The number of carbonyl (C=O) groups excluding carboxylic acids is 1. The van der Waals surface area contributed by atoms with Crippen molar-refractivity contribution in [3.63, 3.8) is 0 Å². The van der Waals surface area contributed by atoms with Gasteiger partial charge in [-0.1, -0.05) is 24.3 Å². The number of piperidine rings is 1. The number of amides is 1. The largest absolute Gasteiger partial charge is 0.297 e. The number of carbonyl (C=O) groups is 1. The summed E-state index contributed by atoms with van der Waals surface area (Å²) < 4.78 is 0. The summed E-state index contributed by atoms with van der Waals surface area (Å²) in [7, 11) is 0. The van der Waals surface area contributed by atoms with Crippen LogP contribution in [0.3, 0.4) is 0 Å². The Kier molecular flexibility index (Phi) is 4.33. The summed E-state index contributed by atoms with van der Waals surface area (Å²) >= 11 is 0. The lowest BCUT2D eigenvalue weighted by Crippen LogP contribution is -2.47. The van der Waals surface area contributed by atoms with Crippen LogP contribution in [0.4, 0.5) is 11.4 Å². The van der Waals surface area contributed by atoms with Gasteiger partial charge in [-0.05, 0) is 62.2 Å². The van der Waals surface area contributed by atoms with Crippen LogP contribution >= 0.6 is 0 Å². The highest BCUT2D eigenvalue weighted by atomic mass is 16.2. The maximum absolute atomic E-state index is 14.0. The van der Waals surface area contributed by atoms with Gasteiger partial charge < -0.3 is 0 Å². The fourth-order valence-electron chi connectivity index (χ4n) is 5.19. The van der Waals surface area contributed by atoms with Gasteiger partial charge in [0.15, 0.2) is 5.65 Å². The van der Waals surface area contributed by atoms with Crippen molar-refractivity contribution in [2.75, 3.05) is 18.0 Å². The quantitative estimate of drug-likeness (QED) is 0.540. The summed E-state index contributed by atoms with van der Waals surface area (Å²) in [6.07, 6.45) is 6.95. The molecule has 7 heteroatoms. The minimum atomic E-state index is -0.488. The molecule has 0 saturated carbocycles.